The second-order valence-corrected chi connectivity index (χ2v) is 4.11. The summed E-state index contributed by atoms with van der Waals surface area (Å²) in [5.41, 5.74) is 7.34. The first-order valence-corrected chi connectivity index (χ1v) is 5.52. The summed E-state index contributed by atoms with van der Waals surface area (Å²) >= 11 is 6.05. The van der Waals surface area contributed by atoms with E-state index in [4.69, 9.17) is 26.5 Å². The lowest BCUT2D eigenvalue weighted by atomic mass is 10.1. The molecule has 5 heteroatoms. The summed E-state index contributed by atoms with van der Waals surface area (Å²) in [6.45, 7) is 1.84. The molecule has 0 amide bonds. The average Bonchev–Trinajstić information content (AvgIpc) is 2.58. The molecule has 0 unspecified atom stereocenters. The normalized spacial score (nSPS) is 10.5. The van der Waals surface area contributed by atoms with Gasteiger partial charge in [-0.2, -0.15) is 4.98 Å². The molecule has 0 fully saturated rings. The van der Waals surface area contributed by atoms with Crippen LogP contribution in [0.2, 0.25) is 5.02 Å². The highest BCUT2D eigenvalue weighted by Crippen LogP contribution is 2.26. The summed E-state index contributed by atoms with van der Waals surface area (Å²) in [7, 11) is 1.59. The van der Waals surface area contributed by atoms with Gasteiger partial charge in [-0.15, -0.1) is 0 Å². The zero-order valence-electron chi connectivity index (χ0n) is 9.66. The fraction of sp³-hybridized carbons (Fsp3) is 0.250. The Labute approximate surface area is 104 Å². The molecule has 0 bridgehead atoms. The molecule has 1 heterocycles. The van der Waals surface area contributed by atoms with Crippen molar-refractivity contribution >= 4 is 17.6 Å². The molecule has 1 aromatic carbocycles. The molecular weight excluding hydrogens is 240 g/mol. The van der Waals surface area contributed by atoms with Gasteiger partial charge < -0.3 is 14.9 Å². The molecule has 2 aromatic rings. The number of hydrogen-bond donors (Lipinski definition) is 1. The first kappa shape index (κ1) is 11.8. The Hall–Kier alpha value is -1.68. The Morgan fingerprint density at radius 3 is 2.76 bits per heavy atom. The highest BCUT2D eigenvalue weighted by atomic mass is 35.5. The molecule has 2 rings (SSSR count). The standard InChI is InChI=1S/C12H13ClN2O2/c1-7-10(15-12(14)17-7)6-8-3-4-11(16-2)9(13)5-8/h3-5H,6H2,1-2H3,(H2,14,15). The van der Waals surface area contributed by atoms with E-state index in [2.05, 4.69) is 4.98 Å². The number of nitrogen functional groups attached to an aromatic ring is 1. The van der Waals surface area contributed by atoms with E-state index in [0.717, 1.165) is 17.0 Å². The number of benzene rings is 1. The van der Waals surface area contributed by atoms with Crippen LogP contribution in [-0.4, -0.2) is 12.1 Å². The van der Waals surface area contributed by atoms with Crippen molar-refractivity contribution in [3.8, 4) is 5.75 Å². The molecule has 0 aliphatic rings. The first-order chi connectivity index (χ1) is 8.10. The molecule has 0 spiro atoms. The molecule has 0 saturated carbocycles. The minimum absolute atomic E-state index is 0.192. The van der Waals surface area contributed by atoms with Crippen molar-refractivity contribution < 1.29 is 9.15 Å². The zero-order valence-corrected chi connectivity index (χ0v) is 10.4. The Morgan fingerprint density at radius 1 is 1.47 bits per heavy atom. The van der Waals surface area contributed by atoms with Gasteiger partial charge in [-0.05, 0) is 24.6 Å². The molecule has 0 aliphatic carbocycles. The number of hydrogen-bond acceptors (Lipinski definition) is 4. The van der Waals surface area contributed by atoms with Gasteiger partial charge >= 0.3 is 0 Å². The van der Waals surface area contributed by atoms with Crippen LogP contribution in [0.5, 0.6) is 5.75 Å². The van der Waals surface area contributed by atoms with Crippen LogP contribution in [0.15, 0.2) is 22.6 Å². The lowest BCUT2D eigenvalue weighted by molar-refractivity contribution is 0.415. The molecule has 1 aromatic heterocycles. The highest BCUT2D eigenvalue weighted by molar-refractivity contribution is 6.32. The zero-order chi connectivity index (χ0) is 12.4. The van der Waals surface area contributed by atoms with Crippen molar-refractivity contribution in [1.29, 1.82) is 0 Å². The SMILES string of the molecule is COc1ccc(Cc2nc(N)oc2C)cc1Cl. The Morgan fingerprint density at radius 2 is 2.24 bits per heavy atom. The third kappa shape index (κ3) is 2.53. The van der Waals surface area contributed by atoms with Gasteiger partial charge in [-0.25, -0.2) is 0 Å². The Bertz CT molecular complexity index is 537. The summed E-state index contributed by atoms with van der Waals surface area (Å²) in [4.78, 5) is 4.11. The Kier molecular flexibility index (Phi) is 3.24. The number of methoxy groups -OCH3 is 1. The van der Waals surface area contributed by atoms with Gasteiger partial charge in [0.05, 0.1) is 17.8 Å². The van der Waals surface area contributed by atoms with E-state index in [1.807, 2.05) is 25.1 Å². The van der Waals surface area contributed by atoms with E-state index in [1.165, 1.54) is 0 Å². The molecule has 0 radical (unpaired) electrons. The van der Waals surface area contributed by atoms with E-state index in [-0.39, 0.29) is 6.01 Å². The number of aromatic nitrogens is 1. The predicted octanol–water partition coefficient (Wildman–Crippen LogP) is 2.82. The maximum Gasteiger partial charge on any atom is 0.292 e. The van der Waals surface area contributed by atoms with E-state index in [0.29, 0.717) is 17.2 Å². The molecule has 0 aliphatic heterocycles. The molecule has 17 heavy (non-hydrogen) atoms. The van der Waals surface area contributed by atoms with Gasteiger partial charge in [0.15, 0.2) is 0 Å². The van der Waals surface area contributed by atoms with Gasteiger partial charge in [0, 0.05) is 6.42 Å². The third-order valence-electron chi connectivity index (χ3n) is 2.50. The van der Waals surface area contributed by atoms with Crippen LogP contribution in [0.1, 0.15) is 17.0 Å². The number of halogens is 1. The monoisotopic (exact) mass is 252 g/mol. The lowest BCUT2D eigenvalue weighted by Crippen LogP contribution is -1.93. The molecule has 2 N–H and O–H groups in total. The maximum atomic E-state index is 6.05. The van der Waals surface area contributed by atoms with Crippen molar-refractivity contribution in [3.63, 3.8) is 0 Å². The van der Waals surface area contributed by atoms with Crippen LogP contribution >= 0.6 is 11.6 Å². The van der Waals surface area contributed by atoms with Crippen molar-refractivity contribution in [2.75, 3.05) is 12.8 Å². The first-order valence-electron chi connectivity index (χ1n) is 5.14. The van der Waals surface area contributed by atoms with E-state index >= 15 is 0 Å². The largest absolute Gasteiger partial charge is 0.495 e. The van der Waals surface area contributed by atoms with Gasteiger partial charge in [0.1, 0.15) is 11.5 Å². The van der Waals surface area contributed by atoms with Crippen LogP contribution in [0.25, 0.3) is 0 Å². The topological polar surface area (TPSA) is 61.3 Å². The van der Waals surface area contributed by atoms with Gasteiger partial charge in [0.2, 0.25) is 0 Å². The minimum Gasteiger partial charge on any atom is -0.495 e. The second kappa shape index (κ2) is 4.67. The van der Waals surface area contributed by atoms with Gasteiger partial charge in [0.25, 0.3) is 6.01 Å². The number of nitrogens with zero attached hydrogens (tertiary/aromatic N) is 1. The third-order valence-corrected chi connectivity index (χ3v) is 2.79. The summed E-state index contributed by atoms with van der Waals surface area (Å²) in [6, 6.07) is 5.81. The predicted molar refractivity (Wildman–Crippen MR) is 66.5 cm³/mol. The summed E-state index contributed by atoms with van der Waals surface area (Å²) < 4.78 is 10.3. The fourth-order valence-corrected chi connectivity index (χ4v) is 1.91. The molecule has 90 valence electrons. The number of rotatable bonds is 3. The van der Waals surface area contributed by atoms with Gasteiger partial charge in [-0.3, -0.25) is 0 Å². The van der Waals surface area contributed by atoms with E-state index in [9.17, 15) is 0 Å². The molecule has 0 saturated heterocycles. The quantitative estimate of drug-likeness (QED) is 0.913. The second-order valence-electron chi connectivity index (χ2n) is 3.70. The van der Waals surface area contributed by atoms with Crippen molar-refractivity contribution in [1.82, 2.24) is 4.98 Å². The van der Waals surface area contributed by atoms with Crippen molar-refractivity contribution in [2.24, 2.45) is 0 Å². The Balaban J connectivity index is 2.24. The van der Waals surface area contributed by atoms with Crippen LogP contribution in [0, 0.1) is 6.92 Å². The summed E-state index contributed by atoms with van der Waals surface area (Å²) in [6.07, 6.45) is 0.635. The number of ether oxygens (including phenoxy) is 1. The maximum absolute atomic E-state index is 6.05. The van der Waals surface area contributed by atoms with Crippen LogP contribution < -0.4 is 10.5 Å². The smallest absolute Gasteiger partial charge is 0.292 e. The van der Waals surface area contributed by atoms with Crippen LogP contribution in [0.4, 0.5) is 6.01 Å². The number of nitrogens with two attached hydrogens (primary N) is 1. The summed E-state index contributed by atoms with van der Waals surface area (Å²) in [5, 5.41) is 0.583. The number of anilines is 1. The molecule has 0 atom stereocenters. The highest BCUT2D eigenvalue weighted by Gasteiger charge is 2.09. The number of aryl methyl sites for hydroxylation is 1. The minimum atomic E-state index is 0.192. The van der Waals surface area contributed by atoms with Crippen LogP contribution in [-0.2, 0) is 6.42 Å². The fourth-order valence-electron chi connectivity index (χ4n) is 1.63. The van der Waals surface area contributed by atoms with E-state index in [1.54, 1.807) is 7.11 Å². The molecular formula is C12H13ClN2O2. The van der Waals surface area contributed by atoms with E-state index < -0.39 is 0 Å². The van der Waals surface area contributed by atoms with Gasteiger partial charge in [-0.1, -0.05) is 17.7 Å². The molecule has 4 nitrogen and oxygen atoms in total. The van der Waals surface area contributed by atoms with Crippen molar-refractivity contribution in [3.05, 3.63) is 40.2 Å². The van der Waals surface area contributed by atoms with Crippen molar-refractivity contribution in [2.45, 2.75) is 13.3 Å². The summed E-state index contributed by atoms with van der Waals surface area (Å²) in [5.74, 6) is 1.39. The lowest BCUT2D eigenvalue weighted by Gasteiger charge is -2.05. The van der Waals surface area contributed by atoms with Crippen LogP contribution in [0.3, 0.4) is 0 Å². The number of oxazole rings is 1. The average molecular weight is 253 g/mol.